The van der Waals surface area contributed by atoms with E-state index in [9.17, 15) is 0 Å². The Bertz CT molecular complexity index is 847. The molecule has 0 fully saturated rings. The van der Waals surface area contributed by atoms with Gasteiger partial charge in [0, 0.05) is 29.3 Å². The molecule has 4 rings (SSSR count). The van der Waals surface area contributed by atoms with Crippen LogP contribution >= 0.6 is 0 Å². The molecular weight excluding hydrogens is 304 g/mol. The standard InChI is InChI=1S/C19H18N.NO3/c1-2-10-17(11-3-1)20-18-12-6-4-8-15(18)14-16-9-5-7-13-19(16)20;2-1(3)4/h2,4-10,12-14,17H,1,3,11H2;/q+1;-1. The molecule has 0 amide bonds. The third-order valence-electron chi connectivity index (χ3n) is 4.26. The number of allylic oxidation sites excluding steroid dienone is 2. The Morgan fingerprint density at radius 3 is 2.00 bits per heavy atom. The zero-order chi connectivity index (χ0) is 16.9. The summed E-state index contributed by atoms with van der Waals surface area (Å²) in [5.41, 5.74) is 2.67. The minimum absolute atomic E-state index is 0.486. The van der Waals surface area contributed by atoms with Crippen LogP contribution in [0.5, 0.6) is 0 Å². The fourth-order valence-corrected chi connectivity index (χ4v) is 3.32. The van der Waals surface area contributed by atoms with Crippen LogP contribution in [0.3, 0.4) is 0 Å². The molecule has 0 radical (unpaired) electrons. The number of hydrogen-bond acceptors (Lipinski definition) is 3. The van der Waals surface area contributed by atoms with Crippen molar-refractivity contribution in [1.82, 2.24) is 0 Å². The van der Waals surface area contributed by atoms with Gasteiger partial charge in [-0.2, -0.15) is 4.57 Å². The molecule has 0 saturated heterocycles. The first-order valence-electron chi connectivity index (χ1n) is 7.97. The minimum Gasteiger partial charge on any atom is -0.356 e. The summed E-state index contributed by atoms with van der Waals surface area (Å²) in [4.78, 5) is 8.25. The number of pyridine rings is 1. The lowest BCUT2D eigenvalue weighted by Gasteiger charge is -2.15. The Labute approximate surface area is 139 Å². The summed E-state index contributed by atoms with van der Waals surface area (Å²) in [6.07, 6.45) is 8.45. The highest BCUT2D eigenvalue weighted by Gasteiger charge is 2.23. The molecule has 1 atom stereocenters. The number of fused-ring (bicyclic) bond motifs is 2. The second-order valence-electron chi connectivity index (χ2n) is 5.78. The fraction of sp³-hybridized carbons (Fsp3) is 0.211. The average Bonchev–Trinajstić information content (AvgIpc) is 2.60. The van der Waals surface area contributed by atoms with Gasteiger partial charge >= 0.3 is 0 Å². The van der Waals surface area contributed by atoms with E-state index in [0.717, 1.165) is 0 Å². The van der Waals surface area contributed by atoms with E-state index >= 15 is 0 Å². The normalized spacial score (nSPS) is 16.6. The van der Waals surface area contributed by atoms with E-state index in [0.29, 0.717) is 6.04 Å². The number of hydrogen-bond donors (Lipinski definition) is 0. The van der Waals surface area contributed by atoms with Crippen LogP contribution in [0.2, 0.25) is 0 Å². The Morgan fingerprint density at radius 1 is 0.958 bits per heavy atom. The van der Waals surface area contributed by atoms with Gasteiger partial charge in [-0.05, 0) is 37.1 Å². The van der Waals surface area contributed by atoms with Crippen molar-refractivity contribution in [3.63, 3.8) is 0 Å². The SMILES string of the molecule is C1=CC([n+]2c3ccccc3cc3ccccc32)CCC1.O=[N+]([O-])[O-]. The molecule has 0 spiro atoms. The first kappa shape index (κ1) is 15.9. The molecule has 1 heterocycles. The van der Waals surface area contributed by atoms with Crippen LogP contribution in [0, 0.1) is 15.3 Å². The quantitative estimate of drug-likeness (QED) is 0.220. The van der Waals surface area contributed by atoms with Crippen LogP contribution in [-0.4, -0.2) is 5.09 Å². The predicted molar refractivity (Wildman–Crippen MR) is 94.0 cm³/mol. The second kappa shape index (κ2) is 7.08. The molecule has 0 saturated carbocycles. The van der Waals surface area contributed by atoms with Crippen LogP contribution in [0.15, 0.2) is 66.7 Å². The molecule has 0 bridgehead atoms. The summed E-state index contributed by atoms with van der Waals surface area (Å²) < 4.78 is 2.51. The van der Waals surface area contributed by atoms with Crippen molar-refractivity contribution < 1.29 is 9.65 Å². The molecule has 2 aromatic carbocycles. The zero-order valence-electron chi connectivity index (χ0n) is 13.2. The van der Waals surface area contributed by atoms with E-state index in [1.54, 1.807) is 0 Å². The Kier molecular flexibility index (Phi) is 4.70. The topological polar surface area (TPSA) is 70.1 Å². The van der Waals surface area contributed by atoms with Gasteiger partial charge in [-0.1, -0.05) is 30.3 Å². The summed E-state index contributed by atoms with van der Waals surface area (Å²) >= 11 is 0. The van der Waals surface area contributed by atoms with Crippen molar-refractivity contribution in [2.24, 2.45) is 0 Å². The van der Waals surface area contributed by atoms with Crippen molar-refractivity contribution in [3.8, 4) is 0 Å². The van der Waals surface area contributed by atoms with Crippen molar-refractivity contribution >= 4 is 21.8 Å². The number of rotatable bonds is 1. The van der Waals surface area contributed by atoms with Crippen molar-refractivity contribution in [3.05, 3.63) is 82.1 Å². The van der Waals surface area contributed by atoms with Crippen LogP contribution in [0.4, 0.5) is 0 Å². The van der Waals surface area contributed by atoms with Crippen LogP contribution in [0.1, 0.15) is 25.3 Å². The highest BCUT2D eigenvalue weighted by molar-refractivity contribution is 5.88. The van der Waals surface area contributed by atoms with Crippen molar-refractivity contribution in [1.29, 1.82) is 0 Å². The summed E-state index contributed by atoms with van der Waals surface area (Å²) in [5.74, 6) is 0. The summed E-state index contributed by atoms with van der Waals surface area (Å²) in [5, 5.41) is 17.4. The number of benzene rings is 2. The Morgan fingerprint density at radius 2 is 1.50 bits per heavy atom. The van der Waals surface area contributed by atoms with Crippen molar-refractivity contribution in [2.45, 2.75) is 25.3 Å². The van der Waals surface area contributed by atoms with Gasteiger partial charge in [0.1, 0.15) is 0 Å². The van der Waals surface area contributed by atoms with Gasteiger partial charge in [0.25, 0.3) is 0 Å². The monoisotopic (exact) mass is 322 g/mol. The fourth-order valence-electron chi connectivity index (χ4n) is 3.32. The first-order valence-corrected chi connectivity index (χ1v) is 7.97. The molecule has 5 nitrogen and oxygen atoms in total. The molecule has 5 heteroatoms. The van der Waals surface area contributed by atoms with Gasteiger partial charge in [-0.3, -0.25) is 0 Å². The van der Waals surface area contributed by atoms with Gasteiger partial charge in [0.15, 0.2) is 6.04 Å². The van der Waals surface area contributed by atoms with E-state index in [1.165, 1.54) is 41.1 Å². The largest absolute Gasteiger partial charge is 0.356 e. The van der Waals surface area contributed by atoms with Gasteiger partial charge in [0.05, 0.1) is 5.09 Å². The number of aromatic nitrogens is 1. The van der Waals surface area contributed by atoms with Gasteiger partial charge in [-0.15, -0.1) is 0 Å². The zero-order valence-corrected chi connectivity index (χ0v) is 13.2. The summed E-state index contributed by atoms with van der Waals surface area (Å²) in [6.45, 7) is 0. The summed E-state index contributed by atoms with van der Waals surface area (Å²) in [7, 11) is 0. The molecule has 0 N–H and O–H groups in total. The lowest BCUT2D eigenvalue weighted by Crippen LogP contribution is -2.40. The third kappa shape index (κ3) is 3.35. The van der Waals surface area contributed by atoms with E-state index in [2.05, 4.69) is 71.3 Å². The van der Waals surface area contributed by atoms with Gasteiger partial charge in [0.2, 0.25) is 11.0 Å². The number of para-hydroxylation sites is 2. The Balaban J connectivity index is 0.000000383. The van der Waals surface area contributed by atoms with E-state index in [4.69, 9.17) is 15.3 Å². The lowest BCUT2D eigenvalue weighted by molar-refractivity contribution is -0.663. The maximum absolute atomic E-state index is 8.25. The predicted octanol–water partition coefficient (Wildman–Crippen LogP) is 4.32. The molecule has 1 unspecified atom stereocenters. The van der Waals surface area contributed by atoms with Crippen LogP contribution in [-0.2, 0) is 0 Å². The Hall–Kier alpha value is -2.95. The molecule has 122 valence electrons. The highest BCUT2D eigenvalue weighted by Crippen LogP contribution is 2.24. The van der Waals surface area contributed by atoms with Crippen LogP contribution < -0.4 is 4.57 Å². The minimum atomic E-state index is -1.75. The number of nitrogens with zero attached hydrogens (tertiary/aromatic N) is 2. The van der Waals surface area contributed by atoms with E-state index < -0.39 is 5.09 Å². The molecular formula is C19H18N2O3. The lowest BCUT2D eigenvalue weighted by atomic mass is 10.0. The molecule has 3 aromatic rings. The highest BCUT2D eigenvalue weighted by atomic mass is 16.9. The summed E-state index contributed by atoms with van der Waals surface area (Å²) in [6, 6.07) is 20.2. The first-order chi connectivity index (χ1) is 11.7. The van der Waals surface area contributed by atoms with E-state index in [-0.39, 0.29) is 0 Å². The second-order valence-corrected chi connectivity index (χ2v) is 5.78. The third-order valence-corrected chi connectivity index (χ3v) is 4.26. The maximum Gasteiger partial charge on any atom is 0.213 e. The van der Waals surface area contributed by atoms with Crippen molar-refractivity contribution in [2.75, 3.05) is 0 Å². The maximum atomic E-state index is 8.25. The smallest absolute Gasteiger partial charge is 0.213 e. The molecule has 0 aliphatic heterocycles. The molecule has 1 aromatic heterocycles. The average molecular weight is 322 g/mol. The van der Waals surface area contributed by atoms with Crippen LogP contribution in [0.25, 0.3) is 21.8 Å². The van der Waals surface area contributed by atoms with E-state index in [1.807, 2.05) is 0 Å². The molecule has 1 aliphatic carbocycles. The molecule has 24 heavy (non-hydrogen) atoms. The molecule has 1 aliphatic rings. The van der Waals surface area contributed by atoms with Gasteiger partial charge < -0.3 is 15.3 Å². The van der Waals surface area contributed by atoms with Gasteiger partial charge in [-0.25, -0.2) is 0 Å².